The number of carboxylic acids is 1. The van der Waals surface area contributed by atoms with Gasteiger partial charge in [0.25, 0.3) is 0 Å². The normalized spacial score (nSPS) is 19.4. The lowest BCUT2D eigenvalue weighted by molar-refractivity contribution is -0.143. The first-order valence-corrected chi connectivity index (χ1v) is 15.5. The third-order valence-corrected chi connectivity index (χ3v) is 8.86. The SMILES string of the molecule is COC1=CCC(c2ccc(C(=O)O)cc2C)C=C1c1cnc(-n2ccnc2)nc1CN1C(=O)O[C@H](c2cc(C(F)(F)F)cc(C(F)(F)F)c2)[C@@H]1C. The number of cyclic esters (lactones) is 1. The number of aryl methyl sites for hydroxylation is 1. The van der Waals surface area contributed by atoms with Crippen LogP contribution < -0.4 is 0 Å². The van der Waals surface area contributed by atoms with Crippen LogP contribution in [0.3, 0.4) is 0 Å². The van der Waals surface area contributed by atoms with Gasteiger partial charge in [-0.05, 0) is 73.4 Å². The fraction of sp³-hybridized carbons (Fsp3) is 0.286. The van der Waals surface area contributed by atoms with Gasteiger partial charge in [0, 0.05) is 35.6 Å². The lowest BCUT2D eigenvalue weighted by atomic mass is 9.84. The number of ether oxygens (including phenoxy) is 2. The zero-order valence-corrected chi connectivity index (χ0v) is 27.2. The van der Waals surface area contributed by atoms with E-state index < -0.39 is 53.3 Å². The van der Waals surface area contributed by atoms with Crippen LogP contribution in [0, 0.1) is 6.92 Å². The molecule has 4 aromatic rings. The Morgan fingerprint density at radius 1 is 1.08 bits per heavy atom. The summed E-state index contributed by atoms with van der Waals surface area (Å²) >= 11 is 0. The number of rotatable bonds is 8. The highest BCUT2D eigenvalue weighted by molar-refractivity contribution is 5.88. The number of hydrogen-bond donors (Lipinski definition) is 1. The van der Waals surface area contributed by atoms with Gasteiger partial charge in [0.1, 0.15) is 18.2 Å². The van der Waals surface area contributed by atoms with E-state index in [2.05, 4.69) is 9.97 Å². The van der Waals surface area contributed by atoms with E-state index >= 15 is 0 Å². The monoisotopic (exact) mass is 713 g/mol. The Morgan fingerprint density at radius 3 is 2.37 bits per heavy atom. The van der Waals surface area contributed by atoms with Gasteiger partial charge in [-0.2, -0.15) is 26.3 Å². The van der Waals surface area contributed by atoms with E-state index in [0.717, 1.165) is 11.1 Å². The predicted molar refractivity (Wildman–Crippen MR) is 168 cm³/mol. The number of nitrogens with zero attached hydrogens (tertiary/aromatic N) is 5. The second kappa shape index (κ2) is 13.2. The highest BCUT2D eigenvalue weighted by Gasteiger charge is 2.44. The Morgan fingerprint density at radius 2 is 1.78 bits per heavy atom. The molecule has 3 heterocycles. The molecule has 1 aliphatic heterocycles. The molecule has 1 saturated heterocycles. The number of imidazole rings is 1. The summed E-state index contributed by atoms with van der Waals surface area (Å²) in [5.41, 5.74) is -0.518. The number of hydrogen-bond acceptors (Lipinski definition) is 7. The maximum absolute atomic E-state index is 13.7. The third-order valence-electron chi connectivity index (χ3n) is 8.86. The van der Waals surface area contributed by atoms with Crippen LogP contribution in [0.4, 0.5) is 31.1 Å². The standard InChI is InChI=1S/C35H29F6N5O5/c1-18-10-21(31(47)48)4-6-25(18)20-5-7-29(50-3)26(13-20)27-15-43-32(45-9-8-42-17-45)44-28(27)16-46-19(2)30(51-33(46)49)22-11-23(34(36,37)38)14-24(12-22)35(39,40)41/h4,6-15,17,19-20,30H,5,16H2,1-3H3,(H,47,48)/t19-,20?,30-/m0/s1. The largest absolute Gasteiger partial charge is 0.496 e. The molecule has 6 rings (SSSR count). The van der Waals surface area contributed by atoms with Crippen molar-refractivity contribution in [2.75, 3.05) is 7.11 Å². The van der Waals surface area contributed by atoms with Crippen molar-refractivity contribution in [1.29, 1.82) is 0 Å². The van der Waals surface area contributed by atoms with E-state index in [1.165, 1.54) is 48.3 Å². The average Bonchev–Trinajstić information content (AvgIpc) is 3.72. The minimum Gasteiger partial charge on any atom is -0.496 e. The molecule has 0 spiro atoms. The smallest absolute Gasteiger partial charge is 0.416 e. The molecule has 1 amide bonds. The molecular weight excluding hydrogens is 684 g/mol. The number of methoxy groups -OCH3 is 1. The Bertz CT molecular complexity index is 2030. The highest BCUT2D eigenvalue weighted by Crippen LogP contribution is 2.42. The second-order valence-corrected chi connectivity index (χ2v) is 12.1. The van der Waals surface area contributed by atoms with Crippen molar-refractivity contribution in [2.45, 2.75) is 57.2 Å². The molecule has 0 saturated carbocycles. The maximum Gasteiger partial charge on any atom is 0.416 e. The number of benzene rings is 2. The first-order chi connectivity index (χ1) is 24.0. The van der Waals surface area contributed by atoms with Gasteiger partial charge in [0.15, 0.2) is 0 Å². The fourth-order valence-electron chi connectivity index (χ4n) is 6.27. The van der Waals surface area contributed by atoms with Crippen molar-refractivity contribution in [3.8, 4) is 5.95 Å². The van der Waals surface area contributed by atoms with Gasteiger partial charge < -0.3 is 14.6 Å². The van der Waals surface area contributed by atoms with Crippen LogP contribution in [-0.4, -0.2) is 54.7 Å². The molecule has 0 bridgehead atoms. The van der Waals surface area contributed by atoms with Crippen molar-refractivity contribution >= 4 is 17.6 Å². The summed E-state index contributed by atoms with van der Waals surface area (Å²) in [4.78, 5) is 39.2. The zero-order valence-electron chi connectivity index (χ0n) is 27.2. The van der Waals surface area contributed by atoms with Crippen molar-refractivity contribution < 1.29 is 50.5 Å². The maximum atomic E-state index is 13.7. The first kappa shape index (κ1) is 35.2. The first-order valence-electron chi connectivity index (χ1n) is 15.5. The van der Waals surface area contributed by atoms with Gasteiger partial charge in [0.05, 0.1) is 42.1 Å². The zero-order chi connectivity index (χ0) is 36.8. The van der Waals surface area contributed by atoms with Gasteiger partial charge in [0.2, 0.25) is 5.95 Å². The van der Waals surface area contributed by atoms with Crippen molar-refractivity contribution in [3.63, 3.8) is 0 Å². The van der Waals surface area contributed by atoms with E-state index in [-0.39, 0.29) is 35.7 Å². The van der Waals surface area contributed by atoms with E-state index in [9.17, 15) is 41.0 Å². The molecular formula is C35H29F6N5O5. The number of alkyl halides is 6. The summed E-state index contributed by atoms with van der Waals surface area (Å²) in [6, 6.07) is 4.92. The summed E-state index contributed by atoms with van der Waals surface area (Å²) in [5.74, 6) is -0.653. The van der Waals surface area contributed by atoms with Crippen molar-refractivity contribution in [2.24, 2.45) is 0 Å². The topological polar surface area (TPSA) is 120 Å². The third kappa shape index (κ3) is 7.03. The molecule has 0 radical (unpaired) electrons. The van der Waals surface area contributed by atoms with E-state index in [1.54, 1.807) is 25.3 Å². The molecule has 51 heavy (non-hydrogen) atoms. The van der Waals surface area contributed by atoms with Crippen LogP contribution in [-0.2, 0) is 28.4 Å². The van der Waals surface area contributed by atoms with E-state index in [1.807, 2.05) is 12.2 Å². The Kier molecular flexibility index (Phi) is 9.12. The number of carboxylic acid groups (broad SMARTS) is 1. The summed E-state index contributed by atoms with van der Waals surface area (Å²) in [6.07, 6.45) is -2.27. The van der Waals surface area contributed by atoms with E-state index in [0.29, 0.717) is 35.4 Å². The molecule has 3 atom stereocenters. The lowest BCUT2D eigenvalue weighted by Gasteiger charge is -2.26. The molecule has 2 aromatic carbocycles. The molecule has 1 fully saturated rings. The predicted octanol–water partition coefficient (Wildman–Crippen LogP) is 7.89. The van der Waals surface area contributed by atoms with Crippen LogP contribution in [0.2, 0.25) is 0 Å². The van der Waals surface area contributed by atoms with Gasteiger partial charge in [-0.1, -0.05) is 12.1 Å². The summed E-state index contributed by atoms with van der Waals surface area (Å²) in [5, 5.41) is 9.43. The molecule has 266 valence electrons. The molecule has 10 nitrogen and oxygen atoms in total. The Balaban J connectivity index is 1.41. The summed E-state index contributed by atoms with van der Waals surface area (Å²) in [6.45, 7) is 2.99. The van der Waals surface area contributed by atoms with Gasteiger partial charge >= 0.3 is 24.4 Å². The number of carbonyl (C=O) groups is 2. The quantitative estimate of drug-likeness (QED) is 0.183. The van der Waals surface area contributed by atoms with Crippen molar-refractivity contribution in [1.82, 2.24) is 24.4 Å². The average molecular weight is 714 g/mol. The van der Waals surface area contributed by atoms with Gasteiger partial charge in [-0.15, -0.1) is 0 Å². The Hall–Kier alpha value is -5.67. The number of aromatic nitrogens is 4. The van der Waals surface area contributed by atoms with Crippen LogP contribution in [0.15, 0.2) is 79.2 Å². The molecule has 1 N–H and O–H groups in total. The number of aromatic carboxylic acids is 1. The van der Waals surface area contributed by atoms with Crippen LogP contribution in [0.1, 0.15) is 74.8 Å². The highest BCUT2D eigenvalue weighted by atomic mass is 19.4. The molecule has 2 aromatic heterocycles. The van der Waals surface area contributed by atoms with Crippen LogP contribution >= 0.6 is 0 Å². The Labute approximate surface area is 286 Å². The van der Waals surface area contributed by atoms with Gasteiger partial charge in [-0.3, -0.25) is 9.47 Å². The molecule has 2 aliphatic rings. The minimum atomic E-state index is -5.09. The molecule has 1 unspecified atom stereocenters. The minimum absolute atomic E-state index is 0.0155. The number of amides is 1. The van der Waals surface area contributed by atoms with E-state index in [4.69, 9.17) is 14.5 Å². The van der Waals surface area contributed by atoms with Crippen LogP contribution in [0.5, 0.6) is 0 Å². The molecule has 16 heteroatoms. The summed E-state index contributed by atoms with van der Waals surface area (Å²) < 4.78 is 94.6. The summed E-state index contributed by atoms with van der Waals surface area (Å²) in [7, 11) is 1.47. The molecule has 1 aliphatic carbocycles. The van der Waals surface area contributed by atoms with Crippen LogP contribution in [0.25, 0.3) is 11.5 Å². The van der Waals surface area contributed by atoms with Crippen molar-refractivity contribution in [3.05, 3.63) is 124 Å². The fourth-order valence-corrected chi connectivity index (χ4v) is 6.27. The number of halogens is 6. The number of allylic oxidation sites excluding steroid dienone is 3. The van der Waals surface area contributed by atoms with Gasteiger partial charge in [-0.25, -0.2) is 24.5 Å². The number of carbonyl (C=O) groups excluding carboxylic acids is 1. The second-order valence-electron chi connectivity index (χ2n) is 12.1. The lowest BCUT2D eigenvalue weighted by Crippen LogP contribution is -2.32.